The van der Waals surface area contributed by atoms with Crippen LogP contribution in [0, 0.1) is 5.41 Å². The molecule has 1 fully saturated rings. The van der Waals surface area contributed by atoms with Gasteiger partial charge in [-0.1, -0.05) is 37.3 Å². The number of benzene rings is 2. The summed E-state index contributed by atoms with van der Waals surface area (Å²) in [5, 5.41) is 0. The van der Waals surface area contributed by atoms with Gasteiger partial charge in [0.1, 0.15) is 0 Å². The van der Waals surface area contributed by atoms with E-state index >= 15 is 0 Å². The number of aryl methyl sites for hydroxylation is 1. The third kappa shape index (κ3) is 3.17. The summed E-state index contributed by atoms with van der Waals surface area (Å²) in [7, 11) is 2.11. The molecule has 0 spiro atoms. The lowest BCUT2D eigenvalue weighted by atomic mass is 9.78. The van der Waals surface area contributed by atoms with E-state index in [-0.39, 0.29) is 0 Å². The molecule has 116 valence electrons. The summed E-state index contributed by atoms with van der Waals surface area (Å²) in [5.41, 5.74) is 4.31. The molecule has 2 nitrogen and oxygen atoms in total. The largest absolute Gasteiger partial charge is 0.380 e. The molecular weight excluding hydrogens is 270 g/mol. The van der Waals surface area contributed by atoms with E-state index < -0.39 is 0 Å². The Morgan fingerprint density at radius 1 is 0.955 bits per heavy atom. The number of para-hydroxylation sites is 1. The summed E-state index contributed by atoms with van der Waals surface area (Å²) in [6, 6.07) is 19.4. The molecule has 1 aliphatic heterocycles. The molecule has 1 saturated heterocycles. The maximum atomic E-state index is 5.41. The highest BCUT2D eigenvalue weighted by Crippen LogP contribution is 2.36. The monoisotopic (exact) mass is 295 g/mol. The molecule has 0 bridgehead atoms. The van der Waals surface area contributed by atoms with Gasteiger partial charge in [-0.3, -0.25) is 0 Å². The molecule has 0 radical (unpaired) electrons. The van der Waals surface area contributed by atoms with E-state index in [0.717, 1.165) is 19.6 Å². The van der Waals surface area contributed by atoms with Crippen LogP contribution in [0.2, 0.25) is 0 Å². The van der Waals surface area contributed by atoms with Gasteiger partial charge in [0.05, 0.1) is 13.2 Å². The molecule has 0 aliphatic carbocycles. The highest BCUT2D eigenvalue weighted by Gasteiger charge is 2.35. The van der Waals surface area contributed by atoms with Gasteiger partial charge in [-0.05, 0) is 49.1 Å². The van der Waals surface area contributed by atoms with Crippen LogP contribution >= 0.6 is 0 Å². The van der Waals surface area contributed by atoms with E-state index in [2.05, 4.69) is 67.4 Å². The topological polar surface area (TPSA) is 12.5 Å². The number of hydrogen-bond donors (Lipinski definition) is 0. The summed E-state index contributed by atoms with van der Waals surface area (Å²) in [6.07, 6.45) is 3.60. The van der Waals surface area contributed by atoms with E-state index in [1.165, 1.54) is 29.8 Å². The highest BCUT2D eigenvalue weighted by atomic mass is 16.5. The van der Waals surface area contributed by atoms with Crippen molar-refractivity contribution in [1.29, 1.82) is 0 Å². The lowest BCUT2D eigenvalue weighted by Crippen LogP contribution is -2.42. The average Bonchev–Trinajstić information content (AvgIpc) is 2.55. The lowest BCUT2D eigenvalue weighted by molar-refractivity contribution is -0.119. The Morgan fingerprint density at radius 2 is 1.59 bits per heavy atom. The molecule has 0 aromatic heterocycles. The fourth-order valence-corrected chi connectivity index (χ4v) is 3.01. The third-order valence-electron chi connectivity index (χ3n) is 4.98. The van der Waals surface area contributed by atoms with Crippen LogP contribution < -0.4 is 4.90 Å². The third-order valence-corrected chi connectivity index (χ3v) is 4.98. The SMILES string of the molecule is CCC1(CCc2ccc(N(C)c3ccccc3)cc2)COC1. The van der Waals surface area contributed by atoms with Gasteiger partial charge in [0.25, 0.3) is 0 Å². The van der Waals surface area contributed by atoms with Crippen LogP contribution in [0.5, 0.6) is 0 Å². The normalized spacial score (nSPS) is 16.1. The molecule has 0 saturated carbocycles. The fraction of sp³-hybridized carbons (Fsp3) is 0.400. The van der Waals surface area contributed by atoms with Crippen molar-refractivity contribution >= 4 is 11.4 Å². The van der Waals surface area contributed by atoms with Crippen molar-refractivity contribution in [3.63, 3.8) is 0 Å². The Hall–Kier alpha value is -1.80. The van der Waals surface area contributed by atoms with Crippen LogP contribution in [0.25, 0.3) is 0 Å². The summed E-state index contributed by atoms with van der Waals surface area (Å²) in [6.45, 7) is 4.16. The number of hydrogen-bond acceptors (Lipinski definition) is 2. The van der Waals surface area contributed by atoms with E-state index in [4.69, 9.17) is 4.74 Å². The van der Waals surface area contributed by atoms with Gasteiger partial charge in [-0.25, -0.2) is 0 Å². The maximum absolute atomic E-state index is 5.41. The van der Waals surface area contributed by atoms with Gasteiger partial charge in [0.15, 0.2) is 0 Å². The second kappa shape index (κ2) is 6.53. The number of anilines is 2. The highest BCUT2D eigenvalue weighted by molar-refractivity contribution is 5.62. The fourth-order valence-electron chi connectivity index (χ4n) is 3.01. The summed E-state index contributed by atoms with van der Waals surface area (Å²) in [4.78, 5) is 2.22. The van der Waals surface area contributed by atoms with E-state index in [1.54, 1.807) is 0 Å². The second-order valence-electron chi connectivity index (χ2n) is 6.41. The molecule has 0 unspecified atom stereocenters. The first kappa shape index (κ1) is 15.1. The maximum Gasteiger partial charge on any atom is 0.0544 e. The minimum atomic E-state index is 0.444. The quantitative estimate of drug-likeness (QED) is 0.758. The molecule has 2 aromatic rings. The predicted octanol–water partition coefficient (Wildman–Crippen LogP) is 4.81. The van der Waals surface area contributed by atoms with Crippen molar-refractivity contribution in [1.82, 2.24) is 0 Å². The van der Waals surface area contributed by atoms with Gasteiger partial charge in [-0.2, -0.15) is 0 Å². The Kier molecular flexibility index (Phi) is 4.49. The van der Waals surface area contributed by atoms with Crippen molar-refractivity contribution < 1.29 is 4.74 Å². The van der Waals surface area contributed by atoms with Crippen LogP contribution in [0.15, 0.2) is 54.6 Å². The van der Waals surface area contributed by atoms with Crippen molar-refractivity contribution in [3.8, 4) is 0 Å². The molecule has 1 heterocycles. The Labute approximate surface area is 133 Å². The molecule has 0 N–H and O–H groups in total. The van der Waals surface area contributed by atoms with E-state index in [1.807, 2.05) is 6.07 Å². The predicted molar refractivity (Wildman–Crippen MR) is 92.8 cm³/mol. The van der Waals surface area contributed by atoms with Crippen molar-refractivity contribution in [3.05, 3.63) is 60.2 Å². The van der Waals surface area contributed by atoms with Gasteiger partial charge in [0.2, 0.25) is 0 Å². The molecule has 2 heteroatoms. The Morgan fingerprint density at radius 3 is 2.14 bits per heavy atom. The van der Waals surface area contributed by atoms with Gasteiger partial charge < -0.3 is 9.64 Å². The molecule has 1 aliphatic rings. The molecule has 2 aromatic carbocycles. The van der Waals surface area contributed by atoms with Crippen LogP contribution in [0.3, 0.4) is 0 Å². The first-order valence-corrected chi connectivity index (χ1v) is 8.18. The number of ether oxygens (including phenoxy) is 1. The molecule has 0 amide bonds. The molecule has 0 atom stereocenters. The zero-order valence-corrected chi connectivity index (χ0v) is 13.6. The first-order chi connectivity index (χ1) is 10.7. The molecule has 3 rings (SSSR count). The minimum absolute atomic E-state index is 0.444. The van der Waals surface area contributed by atoms with Crippen LogP contribution in [0.1, 0.15) is 25.3 Å². The lowest BCUT2D eigenvalue weighted by Gasteiger charge is -2.41. The minimum Gasteiger partial charge on any atom is -0.380 e. The second-order valence-corrected chi connectivity index (χ2v) is 6.41. The van der Waals surface area contributed by atoms with Crippen LogP contribution in [-0.2, 0) is 11.2 Å². The summed E-state index contributed by atoms with van der Waals surface area (Å²) < 4.78 is 5.41. The smallest absolute Gasteiger partial charge is 0.0544 e. The zero-order valence-electron chi connectivity index (χ0n) is 13.6. The number of rotatable bonds is 6. The Bertz CT molecular complexity index is 581. The van der Waals surface area contributed by atoms with E-state index in [9.17, 15) is 0 Å². The van der Waals surface area contributed by atoms with Gasteiger partial charge >= 0.3 is 0 Å². The van der Waals surface area contributed by atoms with Crippen molar-refractivity contribution in [2.75, 3.05) is 25.2 Å². The summed E-state index contributed by atoms with van der Waals surface area (Å²) in [5.74, 6) is 0. The van der Waals surface area contributed by atoms with Crippen LogP contribution in [-0.4, -0.2) is 20.3 Å². The first-order valence-electron chi connectivity index (χ1n) is 8.18. The van der Waals surface area contributed by atoms with Crippen LogP contribution in [0.4, 0.5) is 11.4 Å². The van der Waals surface area contributed by atoms with Gasteiger partial charge in [-0.15, -0.1) is 0 Å². The van der Waals surface area contributed by atoms with E-state index in [0.29, 0.717) is 5.41 Å². The standard InChI is InChI=1S/C20H25NO/c1-3-20(15-22-16-20)14-13-17-9-11-19(12-10-17)21(2)18-7-5-4-6-8-18/h4-12H,3,13-16H2,1-2H3. The number of nitrogens with zero attached hydrogens (tertiary/aromatic N) is 1. The molecular formula is C20H25NO. The Balaban J connectivity index is 1.63. The summed E-state index contributed by atoms with van der Waals surface area (Å²) >= 11 is 0. The molecule has 22 heavy (non-hydrogen) atoms. The van der Waals surface area contributed by atoms with Gasteiger partial charge in [0, 0.05) is 23.8 Å². The average molecular weight is 295 g/mol. The zero-order chi connectivity index (χ0) is 15.4. The van der Waals surface area contributed by atoms with Crippen molar-refractivity contribution in [2.45, 2.75) is 26.2 Å². The van der Waals surface area contributed by atoms with Crippen molar-refractivity contribution in [2.24, 2.45) is 5.41 Å².